The number of carbonyl (C=O) groups excluding carboxylic acids is 1. The van der Waals surface area contributed by atoms with Gasteiger partial charge in [-0.25, -0.2) is 14.8 Å². The zero-order chi connectivity index (χ0) is 34.8. The third-order valence-electron chi connectivity index (χ3n) is 9.90. The highest BCUT2D eigenvalue weighted by Gasteiger charge is 2.36. The second-order valence-corrected chi connectivity index (χ2v) is 15.9. The number of rotatable bonds is 7. The van der Waals surface area contributed by atoms with E-state index in [-0.39, 0.29) is 5.91 Å². The van der Waals surface area contributed by atoms with Gasteiger partial charge in [-0.15, -0.1) is 11.3 Å². The minimum Gasteiger partial charge on any atom is -0.479 e. The van der Waals surface area contributed by atoms with Crippen molar-refractivity contribution in [1.29, 1.82) is 0 Å². The molecular formula is C38H42ClN5O4S. The fraction of sp³-hybridized carbons (Fsp3) is 0.421. The van der Waals surface area contributed by atoms with Crippen LogP contribution >= 0.6 is 22.9 Å². The van der Waals surface area contributed by atoms with Crippen molar-refractivity contribution in [2.75, 3.05) is 26.2 Å². The average Bonchev–Trinajstić information content (AvgIpc) is 3.59. The molecule has 7 rings (SSSR count). The summed E-state index contributed by atoms with van der Waals surface area (Å²) < 4.78 is 9.19. The number of carboxylic acid groups (broad SMARTS) is 1. The molecule has 1 atom stereocenters. The number of hydrogen-bond donors (Lipinski definition) is 1. The smallest absolute Gasteiger partial charge is 0.337 e. The molecule has 0 bridgehead atoms. The first-order valence-corrected chi connectivity index (χ1v) is 18.0. The first-order chi connectivity index (χ1) is 23.3. The quantitative estimate of drug-likeness (QED) is 0.185. The number of likely N-dealkylation sites (tertiary alicyclic amines) is 2. The summed E-state index contributed by atoms with van der Waals surface area (Å²) in [5, 5.41) is 13.0. The number of halogens is 1. The lowest BCUT2D eigenvalue weighted by molar-refractivity contribution is -0.160. The van der Waals surface area contributed by atoms with Gasteiger partial charge in [0.1, 0.15) is 10.7 Å². The van der Waals surface area contributed by atoms with Crippen LogP contribution in [0.15, 0.2) is 48.8 Å². The lowest BCUT2D eigenvalue weighted by atomic mass is 9.88. The van der Waals surface area contributed by atoms with Gasteiger partial charge >= 0.3 is 5.97 Å². The van der Waals surface area contributed by atoms with Gasteiger partial charge in [-0.2, -0.15) is 0 Å². The number of piperidine rings is 1. The predicted octanol–water partition coefficient (Wildman–Crippen LogP) is 7.83. The molecule has 256 valence electrons. The van der Waals surface area contributed by atoms with E-state index in [4.69, 9.17) is 26.3 Å². The predicted molar refractivity (Wildman–Crippen MR) is 195 cm³/mol. The second-order valence-electron chi connectivity index (χ2n) is 14.5. The maximum absolute atomic E-state index is 12.7. The van der Waals surface area contributed by atoms with E-state index in [2.05, 4.69) is 28.8 Å². The Hall–Kier alpha value is -3.83. The number of amides is 1. The molecule has 5 heterocycles. The zero-order valence-corrected chi connectivity index (χ0v) is 30.4. The molecule has 1 N–H and O–H groups in total. The summed E-state index contributed by atoms with van der Waals surface area (Å²) in [4.78, 5) is 38.9. The summed E-state index contributed by atoms with van der Waals surface area (Å²) in [5.74, 6) is -0.455. The average molecular weight is 700 g/mol. The second kappa shape index (κ2) is 12.8. The number of benzene rings is 2. The number of aliphatic carboxylic acids is 1. The number of pyridine rings is 1. The van der Waals surface area contributed by atoms with Crippen LogP contribution in [0.5, 0.6) is 0 Å². The standard InChI is InChI=1S/C38H42ClN5O4S/c1-21-15-30-34(32(24-7-9-26(39)10-8-24)31(21)33(37(46)47)48-38(3,4)5)49-36(41-30)25-16-28-29(20-42(6)35(28)40-17-25)23-11-13-43(14-12-23)27-18-44(19-27)22(2)45/h7-10,15-17,20,23,27,33H,11-14,18-19H2,1-6H3,(H,46,47)/t33-/m0/s1. The van der Waals surface area contributed by atoms with E-state index in [0.717, 1.165) is 87.5 Å². The molecule has 5 aromatic rings. The third-order valence-corrected chi connectivity index (χ3v) is 11.3. The molecule has 49 heavy (non-hydrogen) atoms. The van der Waals surface area contributed by atoms with Crippen molar-refractivity contribution in [3.8, 4) is 21.7 Å². The fourth-order valence-corrected chi connectivity index (χ4v) is 8.65. The number of fused-ring (bicyclic) bond motifs is 2. The molecule has 2 aromatic carbocycles. The van der Waals surface area contributed by atoms with Crippen LogP contribution in [0.2, 0.25) is 5.02 Å². The number of hydrogen-bond acceptors (Lipinski definition) is 7. The summed E-state index contributed by atoms with van der Waals surface area (Å²) in [6, 6.07) is 12.2. The van der Waals surface area contributed by atoms with Crippen molar-refractivity contribution < 1.29 is 19.4 Å². The van der Waals surface area contributed by atoms with Crippen molar-refractivity contribution in [2.45, 2.75) is 71.1 Å². The van der Waals surface area contributed by atoms with Crippen molar-refractivity contribution in [1.82, 2.24) is 24.3 Å². The number of carboxylic acids is 1. The molecule has 2 saturated heterocycles. The highest BCUT2D eigenvalue weighted by molar-refractivity contribution is 7.22. The first-order valence-electron chi connectivity index (χ1n) is 16.8. The van der Waals surface area contributed by atoms with Crippen LogP contribution in [0.1, 0.15) is 69.2 Å². The number of ether oxygens (including phenoxy) is 1. The topological polar surface area (TPSA) is 101 Å². The first kappa shape index (κ1) is 33.7. The molecule has 0 radical (unpaired) electrons. The van der Waals surface area contributed by atoms with Gasteiger partial charge in [0.25, 0.3) is 0 Å². The fourth-order valence-electron chi connectivity index (χ4n) is 7.41. The van der Waals surface area contributed by atoms with E-state index in [1.54, 1.807) is 18.3 Å². The molecule has 0 unspecified atom stereocenters. The van der Waals surface area contributed by atoms with Gasteiger partial charge in [-0.1, -0.05) is 23.7 Å². The molecule has 2 aliphatic heterocycles. The summed E-state index contributed by atoms with van der Waals surface area (Å²) in [5.41, 5.74) is 6.38. The summed E-state index contributed by atoms with van der Waals surface area (Å²) in [6.07, 6.45) is 5.08. The van der Waals surface area contributed by atoms with Gasteiger partial charge < -0.3 is 19.3 Å². The van der Waals surface area contributed by atoms with Gasteiger partial charge in [-0.3, -0.25) is 9.69 Å². The lowest BCUT2D eigenvalue weighted by Crippen LogP contribution is -2.61. The number of carbonyl (C=O) groups is 2. The highest BCUT2D eigenvalue weighted by Crippen LogP contribution is 2.45. The lowest BCUT2D eigenvalue weighted by Gasteiger charge is -2.47. The molecule has 1 amide bonds. The molecule has 0 spiro atoms. The van der Waals surface area contributed by atoms with Crippen molar-refractivity contribution in [3.05, 3.63) is 70.5 Å². The molecule has 2 aliphatic rings. The summed E-state index contributed by atoms with van der Waals surface area (Å²) >= 11 is 7.83. The molecule has 11 heteroatoms. The maximum Gasteiger partial charge on any atom is 0.337 e. The van der Waals surface area contributed by atoms with Gasteiger partial charge in [0, 0.05) is 72.6 Å². The van der Waals surface area contributed by atoms with Crippen LogP contribution in [0.3, 0.4) is 0 Å². The SMILES string of the molecule is CC(=O)N1CC(N2CCC(c3cn(C)c4ncc(-c5nc6cc(C)c([C@H](OC(C)(C)C)C(=O)O)c(-c7ccc(Cl)cc7)c6s5)cc34)CC2)C1. The molecule has 2 fully saturated rings. The number of aromatic nitrogens is 3. The molecular weight excluding hydrogens is 658 g/mol. The molecule has 0 aliphatic carbocycles. The Morgan fingerprint density at radius 3 is 2.41 bits per heavy atom. The Kier molecular flexibility index (Phi) is 8.80. The highest BCUT2D eigenvalue weighted by atomic mass is 35.5. The number of thiazole rings is 1. The normalized spacial score (nSPS) is 17.2. The largest absolute Gasteiger partial charge is 0.479 e. The van der Waals surface area contributed by atoms with E-state index in [0.29, 0.717) is 22.5 Å². The van der Waals surface area contributed by atoms with Crippen LogP contribution in [0.4, 0.5) is 0 Å². The van der Waals surface area contributed by atoms with Crippen LogP contribution in [0.25, 0.3) is 42.9 Å². The minimum absolute atomic E-state index is 0.161. The van der Waals surface area contributed by atoms with E-state index >= 15 is 0 Å². The molecule has 0 saturated carbocycles. The van der Waals surface area contributed by atoms with Crippen molar-refractivity contribution in [3.63, 3.8) is 0 Å². The zero-order valence-electron chi connectivity index (χ0n) is 28.8. The Bertz CT molecular complexity index is 2070. The molecule has 3 aromatic heterocycles. The van der Waals surface area contributed by atoms with E-state index < -0.39 is 17.7 Å². The van der Waals surface area contributed by atoms with Gasteiger partial charge in [0.2, 0.25) is 5.91 Å². The summed E-state index contributed by atoms with van der Waals surface area (Å²) in [7, 11) is 2.05. The third kappa shape index (κ3) is 6.47. The monoisotopic (exact) mass is 699 g/mol. The Balaban J connectivity index is 1.27. The van der Waals surface area contributed by atoms with Crippen LogP contribution in [0, 0.1) is 6.92 Å². The number of aryl methyl sites for hydroxylation is 2. The maximum atomic E-state index is 12.7. The number of nitrogens with zero attached hydrogens (tertiary/aromatic N) is 5. The Morgan fingerprint density at radius 1 is 1.08 bits per heavy atom. The Morgan fingerprint density at radius 2 is 1.78 bits per heavy atom. The van der Waals surface area contributed by atoms with Gasteiger partial charge in [-0.05, 0) is 100 Å². The van der Waals surface area contributed by atoms with Crippen molar-refractivity contribution in [2.24, 2.45) is 7.05 Å². The van der Waals surface area contributed by atoms with E-state index in [1.807, 2.05) is 69.1 Å². The van der Waals surface area contributed by atoms with Gasteiger partial charge in [0.15, 0.2) is 6.10 Å². The van der Waals surface area contributed by atoms with Crippen LogP contribution < -0.4 is 0 Å². The van der Waals surface area contributed by atoms with E-state index in [9.17, 15) is 14.7 Å². The molecule has 9 nitrogen and oxygen atoms in total. The van der Waals surface area contributed by atoms with Crippen molar-refractivity contribution >= 4 is 56.1 Å². The van der Waals surface area contributed by atoms with Gasteiger partial charge in [0.05, 0.1) is 15.8 Å². The minimum atomic E-state index is -1.17. The summed E-state index contributed by atoms with van der Waals surface area (Å²) in [6.45, 7) is 12.9. The van der Waals surface area contributed by atoms with E-state index in [1.165, 1.54) is 5.56 Å². The van der Waals surface area contributed by atoms with Crippen LogP contribution in [-0.2, 0) is 21.4 Å². The van der Waals surface area contributed by atoms with Crippen LogP contribution in [-0.4, -0.2) is 79.1 Å². The Labute approximate surface area is 295 Å².